The van der Waals surface area contributed by atoms with Gasteiger partial charge in [0.2, 0.25) is 0 Å². The average Bonchev–Trinajstić information content (AvgIpc) is 2.34. The molecule has 1 aliphatic rings. The van der Waals surface area contributed by atoms with Crippen molar-refractivity contribution >= 4 is 9.84 Å². The monoisotopic (exact) mass is 318 g/mol. The molecule has 2 unspecified atom stereocenters. The van der Waals surface area contributed by atoms with Gasteiger partial charge in [-0.3, -0.25) is 4.90 Å². The highest BCUT2D eigenvalue weighted by molar-refractivity contribution is 7.92. The van der Waals surface area contributed by atoms with E-state index in [9.17, 15) is 8.42 Å². The van der Waals surface area contributed by atoms with Gasteiger partial charge in [-0.05, 0) is 32.6 Å². The van der Waals surface area contributed by atoms with Crippen molar-refractivity contribution < 1.29 is 8.42 Å². The third-order valence-corrected chi connectivity index (χ3v) is 7.23. The first-order chi connectivity index (χ1) is 9.45. The molecule has 0 amide bonds. The Balaban J connectivity index is 2.76. The fourth-order valence-corrected chi connectivity index (χ4v) is 3.85. The molecule has 0 aromatic carbocycles. The van der Waals surface area contributed by atoms with Crippen LogP contribution >= 0.6 is 0 Å². The summed E-state index contributed by atoms with van der Waals surface area (Å²) in [4.78, 5) is 2.38. The lowest BCUT2D eigenvalue weighted by Gasteiger charge is -2.44. The summed E-state index contributed by atoms with van der Waals surface area (Å²) in [5, 5.41) is 3.62. The maximum atomic E-state index is 12.3. The Kier molecular flexibility index (Phi) is 6.28. The molecule has 1 rings (SSSR count). The highest BCUT2D eigenvalue weighted by Crippen LogP contribution is 2.21. The van der Waals surface area contributed by atoms with Gasteiger partial charge in [0.15, 0.2) is 9.84 Å². The molecule has 0 aliphatic carbocycles. The van der Waals surface area contributed by atoms with Crippen LogP contribution in [0.15, 0.2) is 0 Å². The molecule has 1 fully saturated rings. The summed E-state index contributed by atoms with van der Waals surface area (Å²) >= 11 is 0. The first kappa shape index (κ1) is 18.9. The van der Waals surface area contributed by atoms with E-state index in [0.29, 0.717) is 30.5 Å². The lowest BCUT2D eigenvalue weighted by Crippen LogP contribution is -2.60. The molecule has 2 atom stereocenters. The summed E-state index contributed by atoms with van der Waals surface area (Å²) < 4.78 is 24.0. The molecule has 1 heterocycles. The van der Waals surface area contributed by atoms with Crippen LogP contribution in [0.1, 0.15) is 48.5 Å². The second-order valence-corrected chi connectivity index (χ2v) is 10.9. The van der Waals surface area contributed by atoms with Gasteiger partial charge >= 0.3 is 0 Å². The van der Waals surface area contributed by atoms with Gasteiger partial charge in [0.25, 0.3) is 0 Å². The zero-order valence-electron chi connectivity index (χ0n) is 14.8. The third kappa shape index (κ3) is 4.93. The van der Waals surface area contributed by atoms with Crippen molar-refractivity contribution in [1.29, 1.82) is 0 Å². The lowest BCUT2D eigenvalue weighted by atomic mass is 9.94. The smallest absolute Gasteiger partial charge is 0.156 e. The van der Waals surface area contributed by atoms with Crippen molar-refractivity contribution in [2.45, 2.75) is 65.3 Å². The number of nitrogens with zero attached hydrogens (tertiary/aromatic N) is 1. The lowest BCUT2D eigenvalue weighted by molar-refractivity contribution is 0.0913. The molecule has 0 aromatic rings. The van der Waals surface area contributed by atoms with Crippen LogP contribution in [-0.4, -0.2) is 55.5 Å². The van der Waals surface area contributed by atoms with Gasteiger partial charge in [0, 0.05) is 31.7 Å². The maximum absolute atomic E-state index is 12.3. The van der Waals surface area contributed by atoms with E-state index < -0.39 is 14.6 Å². The molecule has 0 saturated carbocycles. The second kappa shape index (κ2) is 6.97. The molecule has 0 aromatic heterocycles. The van der Waals surface area contributed by atoms with Crippen LogP contribution in [0.25, 0.3) is 0 Å². The SMILES string of the molecule is CC(C)C1CN(CCS(=O)(=O)C(C)(C)C)C(C(C)C)CN1. The molecule has 126 valence electrons. The molecule has 0 bridgehead atoms. The molecule has 0 spiro atoms. The van der Waals surface area contributed by atoms with E-state index in [2.05, 4.69) is 37.9 Å². The highest BCUT2D eigenvalue weighted by atomic mass is 32.2. The number of piperazine rings is 1. The van der Waals surface area contributed by atoms with Crippen molar-refractivity contribution in [3.8, 4) is 0 Å². The summed E-state index contributed by atoms with van der Waals surface area (Å²) in [6.07, 6.45) is 0. The van der Waals surface area contributed by atoms with Crippen molar-refractivity contribution in [1.82, 2.24) is 10.2 Å². The number of nitrogens with one attached hydrogen (secondary N) is 1. The Bertz CT molecular complexity index is 424. The zero-order chi connectivity index (χ0) is 16.4. The van der Waals surface area contributed by atoms with E-state index in [1.807, 2.05) is 0 Å². The number of rotatable bonds is 5. The Morgan fingerprint density at radius 3 is 2.14 bits per heavy atom. The van der Waals surface area contributed by atoms with Crippen LogP contribution in [0, 0.1) is 11.8 Å². The van der Waals surface area contributed by atoms with Crippen molar-refractivity contribution in [3.05, 3.63) is 0 Å². The maximum Gasteiger partial charge on any atom is 0.156 e. The second-order valence-electron chi connectivity index (χ2n) is 8.00. The van der Waals surface area contributed by atoms with Crippen LogP contribution in [0.4, 0.5) is 0 Å². The van der Waals surface area contributed by atoms with E-state index in [-0.39, 0.29) is 5.75 Å². The van der Waals surface area contributed by atoms with E-state index in [1.54, 1.807) is 20.8 Å². The summed E-state index contributed by atoms with van der Waals surface area (Å²) in [5.74, 6) is 1.35. The summed E-state index contributed by atoms with van der Waals surface area (Å²) in [6, 6.07) is 0.882. The Labute approximate surface area is 131 Å². The zero-order valence-corrected chi connectivity index (χ0v) is 15.6. The minimum Gasteiger partial charge on any atom is -0.311 e. The van der Waals surface area contributed by atoms with Gasteiger partial charge in [-0.1, -0.05) is 27.7 Å². The molecule has 4 nitrogen and oxygen atoms in total. The van der Waals surface area contributed by atoms with Crippen LogP contribution in [-0.2, 0) is 9.84 Å². The van der Waals surface area contributed by atoms with E-state index in [0.717, 1.165) is 13.1 Å². The van der Waals surface area contributed by atoms with Gasteiger partial charge in [0.05, 0.1) is 10.5 Å². The normalized spacial score (nSPS) is 25.8. The number of hydrogen-bond acceptors (Lipinski definition) is 4. The fraction of sp³-hybridized carbons (Fsp3) is 1.00. The third-order valence-electron chi connectivity index (χ3n) is 4.64. The van der Waals surface area contributed by atoms with Crippen LogP contribution in [0.5, 0.6) is 0 Å². The van der Waals surface area contributed by atoms with Crippen molar-refractivity contribution in [2.75, 3.05) is 25.4 Å². The van der Waals surface area contributed by atoms with E-state index >= 15 is 0 Å². The number of hydrogen-bond donors (Lipinski definition) is 1. The van der Waals surface area contributed by atoms with Crippen molar-refractivity contribution in [2.24, 2.45) is 11.8 Å². The van der Waals surface area contributed by atoms with Gasteiger partial charge in [-0.15, -0.1) is 0 Å². The molecule has 0 radical (unpaired) electrons. The molecular formula is C16H34N2O2S. The van der Waals surface area contributed by atoms with Crippen LogP contribution in [0.2, 0.25) is 0 Å². The molecule has 1 N–H and O–H groups in total. The van der Waals surface area contributed by atoms with Gasteiger partial charge in [-0.25, -0.2) is 8.42 Å². The average molecular weight is 319 g/mol. The first-order valence-corrected chi connectivity index (χ1v) is 9.80. The Hall–Kier alpha value is -0.130. The van der Waals surface area contributed by atoms with Crippen LogP contribution < -0.4 is 5.32 Å². The fourth-order valence-electron chi connectivity index (χ4n) is 2.76. The molecule has 1 saturated heterocycles. The predicted molar refractivity (Wildman–Crippen MR) is 90.4 cm³/mol. The first-order valence-electron chi connectivity index (χ1n) is 8.15. The van der Waals surface area contributed by atoms with Gasteiger partial charge in [0.1, 0.15) is 0 Å². The topological polar surface area (TPSA) is 49.4 Å². The quantitative estimate of drug-likeness (QED) is 0.844. The van der Waals surface area contributed by atoms with Crippen molar-refractivity contribution in [3.63, 3.8) is 0 Å². The molecule has 21 heavy (non-hydrogen) atoms. The highest BCUT2D eigenvalue weighted by Gasteiger charge is 2.34. The Morgan fingerprint density at radius 2 is 1.71 bits per heavy atom. The van der Waals surface area contributed by atoms with Gasteiger partial charge in [-0.2, -0.15) is 0 Å². The molecular weight excluding hydrogens is 284 g/mol. The summed E-state index contributed by atoms with van der Waals surface area (Å²) in [6.45, 7) is 16.8. The van der Waals surface area contributed by atoms with E-state index in [4.69, 9.17) is 0 Å². The summed E-state index contributed by atoms with van der Waals surface area (Å²) in [7, 11) is -3.05. The predicted octanol–water partition coefficient (Wildman–Crippen LogP) is 2.15. The number of sulfone groups is 1. The molecule has 5 heteroatoms. The minimum atomic E-state index is -3.05. The van der Waals surface area contributed by atoms with E-state index in [1.165, 1.54) is 0 Å². The Morgan fingerprint density at radius 1 is 1.14 bits per heavy atom. The molecule has 1 aliphatic heterocycles. The minimum absolute atomic E-state index is 0.254. The van der Waals surface area contributed by atoms with Gasteiger partial charge < -0.3 is 5.32 Å². The summed E-state index contributed by atoms with van der Waals surface area (Å²) in [5.41, 5.74) is 0. The van der Waals surface area contributed by atoms with Crippen LogP contribution in [0.3, 0.4) is 0 Å². The standard InChI is InChI=1S/C16H34N2O2S/c1-12(2)14-11-18(15(10-17-14)13(3)4)8-9-21(19,20)16(5,6)7/h12-15,17H,8-11H2,1-7H3. The largest absolute Gasteiger partial charge is 0.311 e.